The van der Waals surface area contributed by atoms with Crippen molar-refractivity contribution in [2.24, 2.45) is 0 Å². The van der Waals surface area contributed by atoms with Crippen LogP contribution in [0.25, 0.3) is 0 Å². The fraction of sp³-hybridized carbons (Fsp3) is 0.500. The summed E-state index contributed by atoms with van der Waals surface area (Å²) in [5.74, 6) is 0.746. The summed E-state index contributed by atoms with van der Waals surface area (Å²) < 4.78 is 11.9. The first-order valence-electron chi connectivity index (χ1n) is 6.32. The van der Waals surface area contributed by atoms with Gasteiger partial charge in [-0.1, -0.05) is 11.6 Å². The molecule has 0 saturated heterocycles. The van der Waals surface area contributed by atoms with Crippen molar-refractivity contribution in [2.45, 2.75) is 38.6 Å². The van der Waals surface area contributed by atoms with Gasteiger partial charge >= 0.3 is 0 Å². The van der Waals surface area contributed by atoms with Gasteiger partial charge in [0.05, 0.1) is 6.61 Å². The van der Waals surface area contributed by atoms with Crippen molar-refractivity contribution in [3.8, 4) is 11.8 Å². The summed E-state index contributed by atoms with van der Waals surface area (Å²) in [7, 11) is -1.86. The Morgan fingerprint density at radius 1 is 1.42 bits per heavy atom. The van der Waals surface area contributed by atoms with Crippen molar-refractivity contribution >= 4 is 19.9 Å². The van der Waals surface area contributed by atoms with E-state index < -0.39 is 13.9 Å². The molecule has 1 unspecified atom stereocenters. The number of nitrogens with zero attached hydrogens (tertiary/aromatic N) is 1. The van der Waals surface area contributed by atoms with E-state index in [1.807, 2.05) is 13.0 Å². The Bertz CT molecular complexity index is 548. The third-order valence-electron chi connectivity index (χ3n) is 3.04. The quantitative estimate of drug-likeness (QED) is 0.774. The summed E-state index contributed by atoms with van der Waals surface area (Å²) >= 11 is 6.13. The predicted molar refractivity (Wildman–Crippen MR) is 78.0 cm³/mol. The molecule has 0 bridgehead atoms. The summed E-state index contributed by atoms with van der Waals surface area (Å²) in [6.45, 7) is 8.68. The van der Waals surface area contributed by atoms with Gasteiger partial charge in [0.1, 0.15) is 11.8 Å². The van der Waals surface area contributed by atoms with Gasteiger partial charge < -0.3 is 9.16 Å². The molecule has 0 spiro atoms. The average Bonchev–Trinajstić information content (AvgIpc) is 2.28. The first-order chi connectivity index (χ1) is 8.77. The largest absolute Gasteiger partial charge is 0.493 e. The van der Waals surface area contributed by atoms with Gasteiger partial charge in [0, 0.05) is 17.0 Å². The second kappa shape index (κ2) is 4.82. The molecule has 1 atom stereocenters. The van der Waals surface area contributed by atoms with E-state index >= 15 is 0 Å². The maximum absolute atomic E-state index is 9.68. The van der Waals surface area contributed by atoms with Crippen molar-refractivity contribution in [1.82, 2.24) is 0 Å². The topological polar surface area (TPSA) is 42.2 Å². The molecule has 5 heteroatoms. The molecule has 1 aliphatic heterocycles. The molecular formula is C14H18ClNO2Si. The lowest BCUT2D eigenvalue weighted by Crippen LogP contribution is -2.43. The van der Waals surface area contributed by atoms with E-state index in [9.17, 15) is 5.26 Å². The Hall–Kier alpha value is -1.02. The number of fused-ring (bicyclic) bond motifs is 1. The van der Waals surface area contributed by atoms with Crippen molar-refractivity contribution in [3.63, 3.8) is 0 Å². The van der Waals surface area contributed by atoms with Crippen LogP contribution in [0.4, 0.5) is 0 Å². The highest BCUT2D eigenvalue weighted by atomic mass is 35.5. The monoisotopic (exact) mass is 295 g/mol. The Morgan fingerprint density at radius 3 is 2.68 bits per heavy atom. The number of hydrogen-bond acceptors (Lipinski definition) is 3. The van der Waals surface area contributed by atoms with Crippen LogP contribution in [0.3, 0.4) is 0 Å². The molecule has 1 aromatic rings. The normalized spacial score (nSPS) is 22.3. The molecule has 0 radical (unpaired) electrons. The molecule has 0 aromatic heterocycles. The zero-order valence-electron chi connectivity index (χ0n) is 11.7. The van der Waals surface area contributed by atoms with Crippen molar-refractivity contribution < 1.29 is 9.16 Å². The smallest absolute Gasteiger partial charge is 0.186 e. The van der Waals surface area contributed by atoms with Gasteiger partial charge in [0.15, 0.2) is 13.9 Å². The SMILES string of the molecule is Cc1cc(Cl)cc2c1OCCC2(C#N)O[Si](C)(C)C. The third kappa shape index (κ3) is 2.79. The van der Waals surface area contributed by atoms with Crippen LogP contribution in [0, 0.1) is 18.3 Å². The molecule has 0 fully saturated rings. The Balaban J connectivity index is 2.60. The van der Waals surface area contributed by atoms with Crippen LogP contribution < -0.4 is 4.74 Å². The second-order valence-corrected chi connectivity index (χ2v) is 10.7. The van der Waals surface area contributed by atoms with E-state index in [1.165, 1.54) is 0 Å². The minimum absolute atomic E-state index is 0.494. The number of hydrogen-bond donors (Lipinski definition) is 0. The fourth-order valence-electron chi connectivity index (χ4n) is 2.42. The van der Waals surface area contributed by atoms with Gasteiger partial charge in [0.2, 0.25) is 0 Å². The number of halogens is 1. The second-order valence-electron chi connectivity index (χ2n) is 5.85. The van der Waals surface area contributed by atoms with E-state index in [0.717, 1.165) is 16.9 Å². The molecule has 1 heterocycles. The third-order valence-corrected chi connectivity index (χ3v) is 4.22. The number of nitriles is 1. The van der Waals surface area contributed by atoms with E-state index in [-0.39, 0.29) is 0 Å². The zero-order chi connectivity index (χ0) is 14.3. The number of rotatable bonds is 2. The van der Waals surface area contributed by atoms with Gasteiger partial charge in [-0.2, -0.15) is 5.26 Å². The van der Waals surface area contributed by atoms with Crippen molar-refractivity contribution in [1.29, 1.82) is 5.26 Å². The highest BCUT2D eigenvalue weighted by Gasteiger charge is 2.43. The van der Waals surface area contributed by atoms with Crippen LogP contribution in [0.2, 0.25) is 24.7 Å². The van der Waals surface area contributed by atoms with Gasteiger partial charge in [0.25, 0.3) is 0 Å². The van der Waals surface area contributed by atoms with Crippen molar-refractivity contribution in [2.75, 3.05) is 6.61 Å². The number of benzene rings is 1. The Morgan fingerprint density at radius 2 is 2.11 bits per heavy atom. The van der Waals surface area contributed by atoms with Gasteiger partial charge in [-0.3, -0.25) is 0 Å². The van der Waals surface area contributed by atoms with E-state index in [4.69, 9.17) is 20.8 Å². The summed E-state index contributed by atoms with van der Waals surface area (Å²) in [6.07, 6.45) is 0.542. The molecule has 0 aliphatic carbocycles. The Labute approximate surface area is 120 Å². The predicted octanol–water partition coefficient (Wildman–Crippen LogP) is 4.00. The maximum Gasteiger partial charge on any atom is 0.186 e. The minimum atomic E-state index is -1.86. The van der Waals surface area contributed by atoms with Gasteiger partial charge in [-0.05, 0) is 44.3 Å². The lowest BCUT2D eigenvalue weighted by molar-refractivity contribution is 0.0660. The van der Waals surface area contributed by atoms with Crippen LogP contribution >= 0.6 is 11.6 Å². The molecule has 1 aliphatic rings. The molecule has 2 rings (SSSR count). The molecule has 0 N–H and O–H groups in total. The molecule has 1 aromatic carbocycles. The van der Waals surface area contributed by atoms with Crippen LogP contribution in [0.15, 0.2) is 12.1 Å². The average molecular weight is 296 g/mol. The van der Waals surface area contributed by atoms with Crippen LogP contribution in [0.1, 0.15) is 17.5 Å². The Kier molecular flexibility index (Phi) is 3.65. The fourth-order valence-corrected chi connectivity index (χ4v) is 4.00. The van der Waals surface area contributed by atoms with Crippen LogP contribution in [0.5, 0.6) is 5.75 Å². The standard InChI is InChI=1S/C14H18ClNO2Si/c1-10-7-11(15)8-12-13(10)17-6-5-14(12,9-16)18-19(2,3)4/h7-8H,5-6H2,1-4H3. The molecule has 102 valence electrons. The summed E-state index contributed by atoms with van der Waals surface area (Å²) in [4.78, 5) is 0. The lowest BCUT2D eigenvalue weighted by Gasteiger charge is -2.38. The molecule has 3 nitrogen and oxygen atoms in total. The maximum atomic E-state index is 9.68. The van der Waals surface area contributed by atoms with Crippen LogP contribution in [-0.2, 0) is 10.0 Å². The summed E-state index contributed by atoms with van der Waals surface area (Å²) in [6, 6.07) is 6.01. The molecule has 0 saturated carbocycles. The van der Waals surface area contributed by atoms with E-state index in [0.29, 0.717) is 18.1 Å². The molecule has 0 amide bonds. The summed E-state index contributed by atoms with van der Waals surface area (Å²) in [5.41, 5.74) is 0.794. The van der Waals surface area contributed by atoms with E-state index in [2.05, 4.69) is 25.7 Å². The first kappa shape index (κ1) is 14.4. The number of aryl methyl sites for hydroxylation is 1. The van der Waals surface area contributed by atoms with Gasteiger partial charge in [-0.15, -0.1) is 0 Å². The molecule has 19 heavy (non-hydrogen) atoms. The lowest BCUT2D eigenvalue weighted by atomic mass is 9.88. The number of ether oxygens (including phenoxy) is 1. The summed E-state index contributed by atoms with van der Waals surface area (Å²) in [5, 5.41) is 10.3. The zero-order valence-corrected chi connectivity index (χ0v) is 13.5. The minimum Gasteiger partial charge on any atom is -0.493 e. The van der Waals surface area contributed by atoms with Gasteiger partial charge in [-0.25, -0.2) is 0 Å². The van der Waals surface area contributed by atoms with E-state index in [1.54, 1.807) is 6.07 Å². The highest BCUT2D eigenvalue weighted by Crippen LogP contribution is 2.44. The molecular weight excluding hydrogens is 278 g/mol. The van der Waals surface area contributed by atoms with Crippen LogP contribution in [-0.4, -0.2) is 14.9 Å². The first-order valence-corrected chi connectivity index (χ1v) is 10.1. The van der Waals surface area contributed by atoms with Crippen molar-refractivity contribution in [3.05, 3.63) is 28.3 Å². The highest BCUT2D eigenvalue weighted by molar-refractivity contribution is 6.69.